The van der Waals surface area contributed by atoms with Gasteiger partial charge in [-0.3, -0.25) is 14.4 Å². The van der Waals surface area contributed by atoms with Gasteiger partial charge in [0.2, 0.25) is 5.91 Å². The van der Waals surface area contributed by atoms with Crippen LogP contribution in [0.1, 0.15) is 46.5 Å². The molecule has 3 aromatic carbocycles. The van der Waals surface area contributed by atoms with Gasteiger partial charge in [0.1, 0.15) is 0 Å². The molecule has 176 valence electrons. The van der Waals surface area contributed by atoms with Crippen LogP contribution in [0.25, 0.3) is 0 Å². The number of nitrogens with one attached hydrogen (secondary N) is 4. The number of hydrogen-bond acceptors (Lipinski definition) is 4. The predicted molar refractivity (Wildman–Crippen MR) is 135 cm³/mol. The summed E-state index contributed by atoms with van der Waals surface area (Å²) in [6.07, 6.45) is 0.840. The summed E-state index contributed by atoms with van der Waals surface area (Å²) >= 11 is 0. The van der Waals surface area contributed by atoms with Gasteiger partial charge < -0.3 is 21.3 Å². The molecule has 0 spiro atoms. The highest BCUT2D eigenvalue weighted by Crippen LogP contribution is 2.13. The first-order chi connectivity index (χ1) is 16.4. The molecule has 7 heteroatoms. The third-order valence-corrected chi connectivity index (χ3v) is 5.29. The number of amides is 3. The van der Waals surface area contributed by atoms with Gasteiger partial charge in [-0.2, -0.15) is 0 Å². The predicted octanol–water partition coefficient (Wildman–Crippen LogP) is 4.20. The van der Waals surface area contributed by atoms with Gasteiger partial charge in [-0.15, -0.1) is 0 Å². The van der Waals surface area contributed by atoms with Crippen molar-refractivity contribution in [1.29, 1.82) is 0 Å². The summed E-state index contributed by atoms with van der Waals surface area (Å²) in [6.45, 7) is 4.45. The van der Waals surface area contributed by atoms with E-state index in [1.54, 1.807) is 48.5 Å². The first-order valence-corrected chi connectivity index (χ1v) is 11.3. The lowest BCUT2D eigenvalue weighted by Crippen LogP contribution is -2.32. The largest absolute Gasteiger partial charge is 0.376 e. The van der Waals surface area contributed by atoms with E-state index in [4.69, 9.17) is 0 Å². The molecule has 0 aliphatic heterocycles. The lowest BCUT2D eigenvalue weighted by atomic mass is 10.1. The molecule has 0 aliphatic carbocycles. The van der Waals surface area contributed by atoms with E-state index in [1.807, 2.05) is 44.2 Å². The Morgan fingerprint density at radius 3 is 2.24 bits per heavy atom. The van der Waals surface area contributed by atoms with E-state index >= 15 is 0 Å². The van der Waals surface area contributed by atoms with Crippen LogP contribution in [0.15, 0.2) is 78.9 Å². The Hall–Kier alpha value is -4.13. The van der Waals surface area contributed by atoms with E-state index in [9.17, 15) is 14.4 Å². The molecule has 4 N–H and O–H groups in total. The normalized spacial score (nSPS) is 11.2. The first kappa shape index (κ1) is 24.5. The molecule has 34 heavy (non-hydrogen) atoms. The second-order valence-electron chi connectivity index (χ2n) is 8.01. The summed E-state index contributed by atoms with van der Waals surface area (Å²) in [5.74, 6) is -0.578. The standard InChI is InChI=1S/C27H30N4O3/c1-3-19(2)30-27(34)22-10-7-11-24(16-22)31-25(32)18-28-23-14-12-21(13-15-23)26(33)29-17-20-8-5-4-6-9-20/h4-16,19,28H,3,17-18H2,1-2H3,(H,29,33)(H,30,34)(H,31,32). The van der Waals surface area contributed by atoms with Crippen LogP contribution in [0, 0.1) is 0 Å². The maximum Gasteiger partial charge on any atom is 0.251 e. The van der Waals surface area contributed by atoms with Crippen LogP contribution in [0.3, 0.4) is 0 Å². The van der Waals surface area contributed by atoms with Crippen molar-refractivity contribution < 1.29 is 14.4 Å². The van der Waals surface area contributed by atoms with E-state index in [2.05, 4.69) is 21.3 Å². The Bertz CT molecular complexity index is 1110. The zero-order valence-corrected chi connectivity index (χ0v) is 19.4. The summed E-state index contributed by atoms with van der Waals surface area (Å²) < 4.78 is 0. The zero-order chi connectivity index (χ0) is 24.3. The van der Waals surface area contributed by atoms with Gasteiger partial charge >= 0.3 is 0 Å². The van der Waals surface area contributed by atoms with Crippen LogP contribution in [-0.4, -0.2) is 30.3 Å². The Balaban J connectivity index is 1.47. The third kappa shape index (κ3) is 7.48. The van der Waals surface area contributed by atoms with Crippen LogP contribution in [0.2, 0.25) is 0 Å². The van der Waals surface area contributed by atoms with Gasteiger partial charge in [0.15, 0.2) is 0 Å². The average Bonchev–Trinajstić information content (AvgIpc) is 2.87. The molecular formula is C27H30N4O3. The molecular weight excluding hydrogens is 428 g/mol. The minimum absolute atomic E-state index is 0.0445. The Labute approximate surface area is 200 Å². The Morgan fingerprint density at radius 2 is 1.53 bits per heavy atom. The highest BCUT2D eigenvalue weighted by Gasteiger charge is 2.10. The average molecular weight is 459 g/mol. The van der Waals surface area contributed by atoms with Gasteiger partial charge in [-0.1, -0.05) is 43.3 Å². The van der Waals surface area contributed by atoms with Crippen molar-refractivity contribution >= 4 is 29.1 Å². The monoisotopic (exact) mass is 458 g/mol. The number of anilines is 2. The molecule has 3 amide bonds. The number of benzene rings is 3. The van der Waals surface area contributed by atoms with Crippen molar-refractivity contribution in [1.82, 2.24) is 10.6 Å². The number of hydrogen-bond donors (Lipinski definition) is 4. The fourth-order valence-electron chi connectivity index (χ4n) is 3.15. The van der Waals surface area contributed by atoms with Crippen LogP contribution in [0.5, 0.6) is 0 Å². The van der Waals surface area contributed by atoms with Crippen LogP contribution < -0.4 is 21.3 Å². The minimum Gasteiger partial charge on any atom is -0.376 e. The summed E-state index contributed by atoms with van der Waals surface area (Å²) in [5, 5.41) is 11.6. The van der Waals surface area contributed by atoms with E-state index in [-0.39, 0.29) is 30.3 Å². The molecule has 1 unspecified atom stereocenters. The lowest BCUT2D eigenvalue weighted by Gasteiger charge is -2.12. The molecule has 7 nitrogen and oxygen atoms in total. The molecule has 3 rings (SSSR count). The molecule has 0 saturated carbocycles. The lowest BCUT2D eigenvalue weighted by molar-refractivity contribution is -0.114. The highest BCUT2D eigenvalue weighted by molar-refractivity contribution is 5.98. The maximum atomic E-state index is 12.3. The maximum absolute atomic E-state index is 12.3. The third-order valence-electron chi connectivity index (χ3n) is 5.29. The topological polar surface area (TPSA) is 99.3 Å². The second kappa shape index (κ2) is 12.2. The quantitative estimate of drug-likeness (QED) is 0.366. The summed E-state index contributed by atoms with van der Waals surface area (Å²) in [5.41, 5.74) is 3.33. The van der Waals surface area contributed by atoms with Crippen LogP contribution in [0.4, 0.5) is 11.4 Å². The van der Waals surface area contributed by atoms with Gasteiger partial charge in [0.25, 0.3) is 11.8 Å². The van der Waals surface area contributed by atoms with Crippen molar-refractivity contribution in [3.05, 3.63) is 95.6 Å². The minimum atomic E-state index is -0.246. The summed E-state index contributed by atoms with van der Waals surface area (Å²) in [6, 6.07) is 23.5. The summed E-state index contributed by atoms with van der Waals surface area (Å²) in [4.78, 5) is 37.0. The molecule has 0 aliphatic rings. The van der Waals surface area contributed by atoms with Crippen molar-refractivity contribution in [2.45, 2.75) is 32.9 Å². The molecule has 0 saturated heterocycles. The number of carbonyl (C=O) groups is 3. The molecule has 0 fully saturated rings. The van der Waals surface area contributed by atoms with Gasteiger partial charge in [-0.05, 0) is 61.4 Å². The first-order valence-electron chi connectivity index (χ1n) is 11.3. The van der Waals surface area contributed by atoms with Crippen molar-refractivity contribution in [2.24, 2.45) is 0 Å². The van der Waals surface area contributed by atoms with E-state index in [0.717, 1.165) is 17.7 Å². The number of carbonyl (C=O) groups excluding carboxylic acids is 3. The van der Waals surface area contributed by atoms with E-state index < -0.39 is 0 Å². The fourth-order valence-corrected chi connectivity index (χ4v) is 3.15. The molecule has 0 heterocycles. The Kier molecular flexibility index (Phi) is 8.80. The smallest absolute Gasteiger partial charge is 0.251 e. The van der Waals surface area contributed by atoms with E-state index in [0.29, 0.717) is 23.4 Å². The second-order valence-corrected chi connectivity index (χ2v) is 8.01. The fraction of sp³-hybridized carbons (Fsp3) is 0.222. The van der Waals surface area contributed by atoms with Crippen LogP contribution >= 0.6 is 0 Å². The van der Waals surface area contributed by atoms with Gasteiger partial charge in [0, 0.05) is 35.1 Å². The molecule has 1 atom stereocenters. The van der Waals surface area contributed by atoms with E-state index in [1.165, 1.54) is 0 Å². The summed E-state index contributed by atoms with van der Waals surface area (Å²) in [7, 11) is 0. The molecule has 0 radical (unpaired) electrons. The SMILES string of the molecule is CCC(C)NC(=O)c1cccc(NC(=O)CNc2ccc(C(=O)NCc3ccccc3)cc2)c1. The van der Waals surface area contributed by atoms with Crippen LogP contribution in [-0.2, 0) is 11.3 Å². The van der Waals surface area contributed by atoms with Gasteiger partial charge in [0.05, 0.1) is 6.54 Å². The van der Waals surface area contributed by atoms with Crippen molar-refractivity contribution in [2.75, 3.05) is 17.2 Å². The van der Waals surface area contributed by atoms with Crippen molar-refractivity contribution in [3.63, 3.8) is 0 Å². The zero-order valence-electron chi connectivity index (χ0n) is 19.4. The molecule has 0 aromatic heterocycles. The molecule has 0 bridgehead atoms. The van der Waals surface area contributed by atoms with Gasteiger partial charge in [-0.25, -0.2) is 0 Å². The highest BCUT2D eigenvalue weighted by atomic mass is 16.2. The molecule has 3 aromatic rings. The Morgan fingerprint density at radius 1 is 0.794 bits per heavy atom. The van der Waals surface area contributed by atoms with Crippen molar-refractivity contribution in [3.8, 4) is 0 Å². The number of rotatable bonds is 10.